The van der Waals surface area contributed by atoms with Crippen LogP contribution in [0.3, 0.4) is 0 Å². The largest absolute Gasteiger partial charge is 0.446 e. The van der Waals surface area contributed by atoms with Crippen LogP contribution < -0.4 is 27.4 Å². The minimum absolute atomic E-state index is 0.107. The summed E-state index contributed by atoms with van der Waals surface area (Å²) >= 11 is 5.92. The summed E-state index contributed by atoms with van der Waals surface area (Å²) in [6.07, 6.45) is 14.3. The molecule has 7 N–H and O–H groups in total. The van der Waals surface area contributed by atoms with Gasteiger partial charge in [-0.25, -0.2) is 29.1 Å². The molecule has 2 atom stereocenters. The van der Waals surface area contributed by atoms with E-state index in [4.69, 9.17) is 30.4 Å². The lowest BCUT2D eigenvalue weighted by Gasteiger charge is -2.16. The number of para-hydroxylation sites is 2. The van der Waals surface area contributed by atoms with Gasteiger partial charge in [-0.15, -0.1) is 22.7 Å². The van der Waals surface area contributed by atoms with Crippen molar-refractivity contribution in [3.63, 3.8) is 0 Å². The zero-order valence-corrected chi connectivity index (χ0v) is 42.7. The zero-order valence-electron chi connectivity index (χ0n) is 39.4. The number of primary amides is 2. The number of nitrogens with two attached hydrogens (primary N) is 2. The molecule has 6 amide bonds. The molecule has 2 aromatic heterocycles. The average Bonchev–Trinajstić information content (AvgIpc) is 3.95. The molecule has 4 rings (SSSR count). The highest BCUT2D eigenvalue weighted by atomic mass is 32.2. The number of thioether (sulfide) groups is 2. The zero-order chi connectivity index (χ0) is 49.3. The fraction of sp³-hybridized carbons (Fsp3) is 0.583. The summed E-state index contributed by atoms with van der Waals surface area (Å²) in [7, 11) is 0. The summed E-state index contributed by atoms with van der Waals surface area (Å²) in [5, 5.41) is 8.03. The van der Waals surface area contributed by atoms with Gasteiger partial charge < -0.3 is 41.0 Å². The highest BCUT2D eigenvalue weighted by Crippen LogP contribution is 2.31. The number of aromatic nitrogens is 2. The van der Waals surface area contributed by atoms with Gasteiger partial charge >= 0.3 is 24.4 Å². The van der Waals surface area contributed by atoms with Crippen molar-refractivity contribution >= 4 is 103 Å². The van der Waals surface area contributed by atoms with E-state index in [-0.39, 0.29) is 25.0 Å². The van der Waals surface area contributed by atoms with Gasteiger partial charge in [0.2, 0.25) is 11.8 Å². The monoisotopic (exact) mass is 1030 g/mol. The summed E-state index contributed by atoms with van der Waals surface area (Å²) in [6.45, 7) is 0.775. The van der Waals surface area contributed by atoms with Crippen molar-refractivity contribution in [1.82, 2.24) is 25.9 Å². The number of hydrogen-bond acceptors (Lipinski definition) is 16. The van der Waals surface area contributed by atoms with Crippen LogP contribution >= 0.6 is 46.2 Å². The quantitative estimate of drug-likeness (QED) is 0.0161. The second-order valence-corrected chi connectivity index (χ2v) is 21.1. The molecule has 4 aromatic rings. The van der Waals surface area contributed by atoms with Gasteiger partial charge in [-0.2, -0.15) is 0 Å². The van der Waals surface area contributed by atoms with Crippen LogP contribution in [0.4, 0.5) is 19.2 Å². The predicted molar refractivity (Wildman–Crippen MR) is 274 cm³/mol. The van der Waals surface area contributed by atoms with Gasteiger partial charge in [-0.1, -0.05) is 138 Å². The van der Waals surface area contributed by atoms with Crippen LogP contribution in [-0.4, -0.2) is 96.2 Å². The van der Waals surface area contributed by atoms with Crippen molar-refractivity contribution in [3.05, 3.63) is 48.5 Å². The van der Waals surface area contributed by atoms with Crippen molar-refractivity contribution < 1.29 is 47.7 Å². The van der Waals surface area contributed by atoms with E-state index in [9.17, 15) is 28.8 Å². The Morgan fingerprint density at radius 2 is 0.855 bits per heavy atom. The van der Waals surface area contributed by atoms with E-state index in [1.807, 2.05) is 48.5 Å². The Morgan fingerprint density at radius 1 is 0.507 bits per heavy atom. The molecule has 0 saturated carbocycles. The molecule has 380 valence electrons. The number of rotatable bonds is 36. The van der Waals surface area contributed by atoms with Crippen molar-refractivity contribution in [2.24, 2.45) is 11.5 Å². The van der Waals surface area contributed by atoms with Crippen molar-refractivity contribution in [2.45, 2.75) is 149 Å². The smallest absolute Gasteiger partial charge is 0.407 e. The lowest BCUT2D eigenvalue weighted by atomic mass is 10.1. The van der Waals surface area contributed by atoms with E-state index >= 15 is 0 Å². The Hall–Kier alpha value is -4.86. The Morgan fingerprint density at radius 3 is 1.22 bits per heavy atom. The van der Waals surface area contributed by atoms with Crippen LogP contribution in [0.15, 0.2) is 57.2 Å². The van der Waals surface area contributed by atoms with Gasteiger partial charge in [0.1, 0.15) is 25.4 Å². The van der Waals surface area contributed by atoms with Crippen LogP contribution in [-0.2, 0) is 28.5 Å². The number of carbonyl (C=O) groups excluding carboxylic acids is 6. The summed E-state index contributed by atoms with van der Waals surface area (Å²) < 4.78 is 24.6. The van der Waals surface area contributed by atoms with E-state index in [0.717, 1.165) is 145 Å². The molecule has 0 fully saturated rings. The number of ether oxygens (including phenoxy) is 4. The minimum atomic E-state index is -0.926. The third-order valence-electron chi connectivity index (χ3n) is 10.7. The summed E-state index contributed by atoms with van der Waals surface area (Å²) in [5.74, 6) is 0.308. The molecule has 2 unspecified atom stereocenters. The fourth-order valence-corrected chi connectivity index (χ4v) is 11.2. The Bertz CT molecular complexity index is 1940. The lowest BCUT2D eigenvalue weighted by molar-refractivity contribution is -0.130. The first-order valence-corrected chi connectivity index (χ1v) is 27.7. The molecule has 2 aromatic carbocycles. The van der Waals surface area contributed by atoms with Crippen molar-refractivity contribution in [2.75, 3.05) is 37.8 Å². The number of amides is 6. The first kappa shape index (κ1) is 56.7. The van der Waals surface area contributed by atoms with Crippen LogP contribution in [0, 0.1) is 0 Å². The molecule has 2 heterocycles. The maximum atomic E-state index is 12.2. The van der Waals surface area contributed by atoms with E-state index < -0.39 is 36.6 Å². The Kier molecular flexibility index (Phi) is 28.3. The number of nitrogens with one attached hydrogen (secondary N) is 3. The van der Waals surface area contributed by atoms with Crippen LogP contribution in [0.1, 0.15) is 128 Å². The third-order valence-corrected chi connectivity index (χ3v) is 15.3. The van der Waals surface area contributed by atoms with E-state index in [1.54, 1.807) is 22.7 Å². The molecule has 0 spiro atoms. The molecule has 0 aliphatic carbocycles. The number of alkyl carbamates (subject to hydrolysis) is 2. The van der Waals surface area contributed by atoms with E-state index in [2.05, 4.69) is 25.9 Å². The van der Waals surface area contributed by atoms with Crippen LogP contribution in [0.25, 0.3) is 20.4 Å². The number of hydrogen-bond donors (Lipinski definition) is 5. The molecule has 0 bridgehead atoms. The number of carbonyl (C=O) groups is 6. The molecule has 21 heteroatoms. The van der Waals surface area contributed by atoms with Crippen molar-refractivity contribution in [3.8, 4) is 0 Å². The van der Waals surface area contributed by atoms with Crippen LogP contribution in [0.5, 0.6) is 0 Å². The number of benzene rings is 2. The van der Waals surface area contributed by atoms with Gasteiger partial charge in [-0.3, -0.25) is 14.9 Å². The molecule has 17 nitrogen and oxygen atoms in total. The molecular weight excluding hydrogens is 963 g/mol. The summed E-state index contributed by atoms with van der Waals surface area (Å²) in [6, 6.07) is 15.6. The Balaban J connectivity index is 0.856. The molecule has 0 saturated heterocycles. The normalized spacial score (nSPS) is 12.0. The van der Waals surface area contributed by atoms with Gasteiger partial charge in [0.05, 0.1) is 20.4 Å². The number of imide groups is 1. The first-order valence-electron chi connectivity index (χ1n) is 24.1. The maximum absolute atomic E-state index is 12.2. The summed E-state index contributed by atoms with van der Waals surface area (Å²) in [4.78, 5) is 80.7. The maximum Gasteiger partial charge on any atom is 0.407 e. The van der Waals surface area contributed by atoms with Crippen molar-refractivity contribution in [1.29, 1.82) is 0 Å². The van der Waals surface area contributed by atoms with Crippen LogP contribution in [0.2, 0.25) is 0 Å². The number of nitrogens with zero attached hydrogens (tertiary/aromatic N) is 2. The second-order valence-electron chi connectivity index (χ2n) is 16.5. The predicted octanol–water partition coefficient (Wildman–Crippen LogP) is 10.6. The highest BCUT2D eigenvalue weighted by molar-refractivity contribution is 8.01. The minimum Gasteiger partial charge on any atom is -0.446 e. The lowest BCUT2D eigenvalue weighted by Crippen LogP contribution is -2.33. The Labute approximate surface area is 421 Å². The van der Waals surface area contributed by atoms with Gasteiger partial charge in [0.25, 0.3) is 0 Å². The van der Waals surface area contributed by atoms with E-state index in [1.165, 1.54) is 23.5 Å². The molecule has 0 aliphatic heterocycles. The molecule has 0 aliphatic rings. The van der Waals surface area contributed by atoms with E-state index in [0.29, 0.717) is 37.4 Å². The van der Waals surface area contributed by atoms with Gasteiger partial charge in [-0.05, 0) is 49.9 Å². The molecule has 69 heavy (non-hydrogen) atoms. The fourth-order valence-electron chi connectivity index (χ4n) is 7.11. The average molecular weight is 1030 g/mol. The SMILES string of the molecule is NC(=O)OC(COC(=O)NCCCCCCCCCCCC(=O)NC(=O)CCCCCCCCCCCNC(=O)OCC(CSc1nc2ccccc2s1)OC(N)=O)CSc1nc2ccccc2s1. The summed E-state index contributed by atoms with van der Waals surface area (Å²) in [5.41, 5.74) is 12.2. The second kappa shape index (κ2) is 34.4. The topological polar surface area (TPSA) is 253 Å². The molecular formula is C48H69N7O10S4. The number of fused-ring (bicyclic) bond motifs is 2. The number of thiazole rings is 2. The molecule has 0 radical (unpaired) electrons. The van der Waals surface area contributed by atoms with Gasteiger partial charge in [0.15, 0.2) is 8.68 Å². The third kappa shape index (κ3) is 26.1. The first-order chi connectivity index (χ1) is 33.5. The standard InChI is InChI=1S/C48H69N7O10S4/c49-43(58)64-35(33-66-47-53-37-23-17-19-25-39(37)68-47)31-62-45(60)51-29-21-13-9-5-1-3-7-11-15-27-41(56)55-42(57)28-16-12-8-4-2-6-10-14-22-30-52-46(61)63-32-36(65-44(50)59)34-67-48-54-38-24-18-20-26-40(38)69-48/h17-20,23-26,35-36H,1-16,21-22,27-34H2,(H2,49,58)(H2,50,59)(H,51,60)(H,52,61)(H,55,56,57). The van der Waals surface area contributed by atoms with Gasteiger partial charge in [0, 0.05) is 37.4 Å². The number of unbranched alkanes of at least 4 members (excludes halogenated alkanes) is 16. The highest BCUT2D eigenvalue weighted by Gasteiger charge is 2.19.